The minimum atomic E-state index is -3.61. The molecule has 1 aliphatic rings. The van der Waals surface area contributed by atoms with E-state index in [1.165, 1.54) is 23.8 Å². The van der Waals surface area contributed by atoms with Crippen LogP contribution in [0.3, 0.4) is 0 Å². The lowest BCUT2D eigenvalue weighted by molar-refractivity contribution is 0.194. The van der Waals surface area contributed by atoms with Gasteiger partial charge < -0.3 is 9.47 Å². The molecular formula is C14H19N5O4S. The molecule has 3 heterocycles. The number of hydrogen-bond acceptors (Lipinski definition) is 7. The molecule has 24 heavy (non-hydrogen) atoms. The second kappa shape index (κ2) is 6.36. The molecule has 0 radical (unpaired) electrons. The lowest BCUT2D eigenvalue weighted by atomic mass is 10.3. The van der Waals surface area contributed by atoms with E-state index >= 15 is 0 Å². The molecule has 1 fully saturated rings. The van der Waals surface area contributed by atoms with Gasteiger partial charge in [0.05, 0.1) is 25.0 Å². The summed E-state index contributed by atoms with van der Waals surface area (Å²) in [6.45, 7) is 3.98. The van der Waals surface area contributed by atoms with Gasteiger partial charge in [-0.3, -0.25) is 5.10 Å². The molecule has 3 rings (SSSR count). The smallest absolute Gasteiger partial charge is 0.278 e. The Hall–Kier alpha value is -2.20. The van der Waals surface area contributed by atoms with Crippen molar-refractivity contribution in [2.45, 2.75) is 31.3 Å². The number of aryl methyl sites for hydroxylation is 2. The SMILES string of the molecule is COc1nccnc1OC1CCN(S(=O)(=O)c2c(C)n[nH]c2C)C1. The summed E-state index contributed by atoms with van der Waals surface area (Å²) in [5.74, 6) is 0.542. The van der Waals surface area contributed by atoms with Gasteiger partial charge in [0.15, 0.2) is 0 Å². The molecule has 0 aliphatic carbocycles. The maximum atomic E-state index is 12.8. The third-order valence-electron chi connectivity index (χ3n) is 3.87. The monoisotopic (exact) mass is 353 g/mol. The van der Waals surface area contributed by atoms with Crippen LogP contribution in [0.15, 0.2) is 17.3 Å². The molecule has 0 aromatic carbocycles. The van der Waals surface area contributed by atoms with E-state index in [0.29, 0.717) is 24.4 Å². The lowest BCUT2D eigenvalue weighted by Gasteiger charge is -2.17. The first-order valence-electron chi connectivity index (χ1n) is 7.47. The lowest BCUT2D eigenvalue weighted by Crippen LogP contribution is -2.31. The first kappa shape index (κ1) is 16.7. The molecule has 1 aliphatic heterocycles. The van der Waals surface area contributed by atoms with Gasteiger partial charge in [-0.1, -0.05) is 0 Å². The highest BCUT2D eigenvalue weighted by atomic mass is 32.2. The quantitative estimate of drug-likeness (QED) is 0.841. The molecule has 130 valence electrons. The fraction of sp³-hybridized carbons (Fsp3) is 0.500. The Morgan fingerprint density at radius 1 is 1.25 bits per heavy atom. The summed E-state index contributed by atoms with van der Waals surface area (Å²) < 4.78 is 37.9. The third kappa shape index (κ3) is 2.94. The van der Waals surface area contributed by atoms with Gasteiger partial charge in [0, 0.05) is 18.9 Å². The minimum absolute atomic E-state index is 0.236. The van der Waals surface area contributed by atoms with E-state index in [-0.39, 0.29) is 29.3 Å². The van der Waals surface area contributed by atoms with E-state index in [9.17, 15) is 8.42 Å². The van der Waals surface area contributed by atoms with Crippen LogP contribution >= 0.6 is 0 Å². The zero-order valence-electron chi connectivity index (χ0n) is 13.7. The number of H-pyrrole nitrogens is 1. The van der Waals surface area contributed by atoms with Crippen molar-refractivity contribution in [1.29, 1.82) is 0 Å². The van der Waals surface area contributed by atoms with E-state index in [1.807, 2.05) is 0 Å². The molecule has 2 aromatic heterocycles. The summed E-state index contributed by atoms with van der Waals surface area (Å²) in [7, 11) is -2.13. The van der Waals surface area contributed by atoms with Crippen molar-refractivity contribution in [3.05, 3.63) is 23.8 Å². The number of hydrogen-bond donors (Lipinski definition) is 1. The zero-order valence-corrected chi connectivity index (χ0v) is 14.5. The fourth-order valence-corrected chi connectivity index (χ4v) is 4.57. The molecule has 0 spiro atoms. The molecular weight excluding hydrogens is 334 g/mol. The van der Waals surface area contributed by atoms with Crippen molar-refractivity contribution in [3.8, 4) is 11.8 Å². The Morgan fingerprint density at radius 3 is 2.58 bits per heavy atom. The van der Waals surface area contributed by atoms with Crippen LogP contribution in [0.5, 0.6) is 11.8 Å². The van der Waals surface area contributed by atoms with Crippen LogP contribution in [-0.2, 0) is 10.0 Å². The van der Waals surface area contributed by atoms with Crippen LogP contribution in [0.25, 0.3) is 0 Å². The van der Waals surface area contributed by atoms with Crippen molar-refractivity contribution in [2.75, 3.05) is 20.2 Å². The van der Waals surface area contributed by atoms with E-state index in [0.717, 1.165) is 0 Å². The van der Waals surface area contributed by atoms with Gasteiger partial charge in [-0.05, 0) is 20.3 Å². The van der Waals surface area contributed by atoms with Gasteiger partial charge >= 0.3 is 0 Å². The Bertz CT molecular complexity index is 816. The molecule has 2 aromatic rings. The third-order valence-corrected chi connectivity index (χ3v) is 6.00. The van der Waals surface area contributed by atoms with Crippen molar-refractivity contribution in [1.82, 2.24) is 24.5 Å². The number of nitrogens with zero attached hydrogens (tertiary/aromatic N) is 4. The molecule has 0 bridgehead atoms. The zero-order chi connectivity index (χ0) is 17.3. The second-order valence-corrected chi connectivity index (χ2v) is 7.40. The Morgan fingerprint density at radius 2 is 1.96 bits per heavy atom. The first-order chi connectivity index (χ1) is 11.4. The molecule has 1 unspecified atom stereocenters. The number of aromatic amines is 1. The van der Waals surface area contributed by atoms with Crippen molar-refractivity contribution in [3.63, 3.8) is 0 Å². The Labute approximate surface area is 140 Å². The summed E-state index contributed by atoms with van der Waals surface area (Å²) >= 11 is 0. The molecule has 0 amide bonds. The molecule has 1 atom stereocenters. The summed E-state index contributed by atoms with van der Waals surface area (Å²) in [4.78, 5) is 8.34. The average Bonchev–Trinajstić information content (AvgIpc) is 3.15. The van der Waals surface area contributed by atoms with Crippen LogP contribution in [0.2, 0.25) is 0 Å². The highest BCUT2D eigenvalue weighted by Crippen LogP contribution is 2.28. The van der Waals surface area contributed by atoms with Crippen LogP contribution in [-0.4, -0.2) is 59.2 Å². The molecule has 9 nitrogen and oxygen atoms in total. The first-order valence-corrected chi connectivity index (χ1v) is 8.91. The molecule has 0 saturated carbocycles. The predicted molar refractivity (Wildman–Crippen MR) is 84.4 cm³/mol. The van der Waals surface area contributed by atoms with Gasteiger partial charge in [0.1, 0.15) is 11.0 Å². The van der Waals surface area contributed by atoms with Crippen molar-refractivity contribution < 1.29 is 17.9 Å². The number of methoxy groups -OCH3 is 1. The topological polar surface area (TPSA) is 110 Å². The molecule has 10 heteroatoms. The maximum absolute atomic E-state index is 12.8. The maximum Gasteiger partial charge on any atom is 0.278 e. The second-order valence-electron chi connectivity index (χ2n) is 5.53. The van der Waals surface area contributed by atoms with E-state index in [2.05, 4.69) is 20.2 Å². The van der Waals surface area contributed by atoms with Crippen LogP contribution in [0.4, 0.5) is 0 Å². The highest BCUT2D eigenvalue weighted by molar-refractivity contribution is 7.89. The van der Waals surface area contributed by atoms with Gasteiger partial charge in [-0.15, -0.1) is 0 Å². The Kier molecular flexibility index (Phi) is 4.41. The number of ether oxygens (including phenoxy) is 2. The highest BCUT2D eigenvalue weighted by Gasteiger charge is 2.36. The summed E-state index contributed by atoms with van der Waals surface area (Å²) in [6.07, 6.45) is 3.26. The summed E-state index contributed by atoms with van der Waals surface area (Å²) in [5, 5.41) is 6.68. The van der Waals surface area contributed by atoms with Gasteiger partial charge in [-0.25, -0.2) is 18.4 Å². The standard InChI is InChI=1S/C14H19N5O4S/c1-9-12(10(2)18-17-9)24(20,21)19-7-4-11(8-19)23-14-13(22-3)15-5-6-16-14/h5-6,11H,4,7-8H2,1-3H3,(H,17,18). The van der Waals surface area contributed by atoms with Crippen LogP contribution in [0, 0.1) is 13.8 Å². The summed E-state index contributed by atoms with van der Waals surface area (Å²) in [5.41, 5.74) is 1.000. The molecule has 1 N–H and O–H groups in total. The largest absolute Gasteiger partial charge is 0.477 e. The number of nitrogens with one attached hydrogen (secondary N) is 1. The number of rotatable bonds is 5. The number of sulfonamides is 1. The van der Waals surface area contributed by atoms with Gasteiger partial charge in [-0.2, -0.15) is 9.40 Å². The fourth-order valence-electron chi connectivity index (χ4n) is 2.75. The number of aromatic nitrogens is 4. The Balaban J connectivity index is 1.76. The average molecular weight is 353 g/mol. The van der Waals surface area contributed by atoms with Crippen molar-refractivity contribution in [2.24, 2.45) is 0 Å². The minimum Gasteiger partial charge on any atom is -0.477 e. The van der Waals surface area contributed by atoms with E-state index in [1.54, 1.807) is 13.8 Å². The summed E-state index contributed by atoms with van der Waals surface area (Å²) in [6, 6.07) is 0. The van der Waals surface area contributed by atoms with E-state index < -0.39 is 10.0 Å². The van der Waals surface area contributed by atoms with Gasteiger partial charge in [0.2, 0.25) is 10.0 Å². The molecule has 1 saturated heterocycles. The van der Waals surface area contributed by atoms with Crippen LogP contribution < -0.4 is 9.47 Å². The van der Waals surface area contributed by atoms with Crippen molar-refractivity contribution >= 4 is 10.0 Å². The van der Waals surface area contributed by atoms with Crippen LogP contribution in [0.1, 0.15) is 17.8 Å². The normalized spacial score (nSPS) is 18.7. The van der Waals surface area contributed by atoms with E-state index in [4.69, 9.17) is 9.47 Å². The predicted octanol–water partition coefficient (Wildman–Crippen LogP) is 0.667. The van der Waals surface area contributed by atoms with Gasteiger partial charge in [0.25, 0.3) is 11.8 Å².